The summed E-state index contributed by atoms with van der Waals surface area (Å²) in [4.78, 5) is 48.2. The minimum atomic E-state index is -0.828. The highest BCUT2D eigenvalue weighted by atomic mass is 32.1. The number of hydrogen-bond acceptors (Lipinski definition) is 10. The van der Waals surface area contributed by atoms with Crippen LogP contribution in [0.25, 0.3) is 10.4 Å². The Morgan fingerprint density at radius 3 is 2.45 bits per heavy atom. The molecule has 3 aromatic rings. The third-order valence-electron chi connectivity index (χ3n) is 8.46. The van der Waals surface area contributed by atoms with Gasteiger partial charge in [0, 0.05) is 38.0 Å². The van der Waals surface area contributed by atoms with Crippen LogP contribution in [0.5, 0.6) is 5.88 Å². The molecule has 2 aliphatic rings. The molecule has 2 aromatic heterocycles. The molecule has 254 valence electrons. The summed E-state index contributed by atoms with van der Waals surface area (Å²) in [5, 5.41) is 17.6. The minimum Gasteiger partial charge on any atom is -0.475 e. The van der Waals surface area contributed by atoms with Crippen molar-refractivity contribution in [3.8, 4) is 16.3 Å². The molecule has 2 N–H and O–H groups in total. The van der Waals surface area contributed by atoms with Crippen molar-refractivity contribution in [1.29, 1.82) is 0 Å². The lowest BCUT2D eigenvalue weighted by Gasteiger charge is -2.39. The molecule has 4 atom stereocenters. The van der Waals surface area contributed by atoms with E-state index in [1.165, 1.54) is 4.90 Å². The van der Waals surface area contributed by atoms with Crippen molar-refractivity contribution in [2.24, 2.45) is 11.8 Å². The van der Waals surface area contributed by atoms with Gasteiger partial charge >= 0.3 is 6.09 Å². The number of aliphatic hydroxyl groups is 1. The number of carbonyl (C=O) groups is 3. The van der Waals surface area contributed by atoms with Gasteiger partial charge < -0.3 is 34.2 Å². The number of aliphatic hydroxyl groups excluding tert-OH is 1. The Morgan fingerprint density at radius 2 is 1.83 bits per heavy atom. The number of nitrogens with zero attached hydrogens (tertiary/aromatic N) is 4. The first kappa shape index (κ1) is 34.4. The van der Waals surface area contributed by atoms with Gasteiger partial charge in [-0.1, -0.05) is 38.1 Å². The fraction of sp³-hybridized carbons (Fsp3) is 0.559. The summed E-state index contributed by atoms with van der Waals surface area (Å²) >= 11 is 1.58. The molecule has 0 spiro atoms. The number of hydrogen-bond donors (Lipinski definition) is 2. The van der Waals surface area contributed by atoms with Crippen LogP contribution in [-0.4, -0.2) is 86.9 Å². The van der Waals surface area contributed by atoms with Crippen LogP contribution in [0.2, 0.25) is 0 Å². The van der Waals surface area contributed by atoms with Gasteiger partial charge in [0.05, 0.1) is 34.8 Å². The minimum absolute atomic E-state index is 0.0464. The third-order valence-corrected chi connectivity index (χ3v) is 9.44. The summed E-state index contributed by atoms with van der Waals surface area (Å²) in [5.74, 6) is -0.855. The van der Waals surface area contributed by atoms with Gasteiger partial charge in [-0.05, 0) is 56.8 Å². The van der Waals surface area contributed by atoms with Crippen molar-refractivity contribution in [2.75, 3.05) is 26.2 Å². The first-order chi connectivity index (χ1) is 22.2. The van der Waals surface area contributed by atoms with Gasteiger partial charge in [-0.3, -0.25) is 9.59 Å². The predicted molar refractivity (Wildman–Crippen MR) is 176 cm³/mol. The Labute approximate surface area is 279 Å². The smallest absolute Gasteiger partial charge is 0.410 e. The summed E-state index contributed by atoms with van der Waals surface area (Å²) in [7, 11) is 0. The summed E-state index contributed by atoms with van der Waals surface area (Å²) in [6.45, 7) is 14.6. The molecule has 4 heterocycles. The molecular formula is C34H45N5O7S. The highest BCUT2D eigenvalue weighted by Gasteiger charge is 2.43. The van der Waals surface area contributed by atoms with Gasteiger partial charge in [0.25, 0.3) is 5.88 Å². The number of nitrogens with one attached hydrogen (secondary N) is 1. The Morgan fingerprint density at radius 1 is 1.13 bits per heavy atom. The normalized spacial score (nSPS) is 19.8. The third kappa shape index (κ3) is 8.13. The average molecular weight is 668 g/mol. The number of thiazole rings is 1. The summed E-state index contributed by atoms with van der Waals surface area (Å²) in [6.07, 6.45) is -1.03. The topological polar surface area (TPSA) is 147 Å². The van der Waals surface area contributed by atoms with Gasteiger partial charge in [0.15, 0.2) is 5.76 Å². The van der Waals surface area contributed by atoms with Gasteiger partial charge in [-0.25, -0.2) is 9.78 Å². The van der Waals surface area contributed by atoms with Crippen LogP contribution in [0.4, 0.5) is 4.79 Å². The zero-order chi connectivity index (χ0) is 34.0. The molecule has 0 radical (unpaired) electrons. The van der Waals surface area contributed by atoms with E-state index in [0.717, 1.165) is 21.7 Å². The van der Waals surface area contributed by atoms with Gasteiger partial charge in [-0.2, -0.15) is 0 Å². The lowest BCUT2D eigenvalue weighted by molar-refractivity contribution is -0.141. The number of rotatable bonds is 10. The SMILES string of the molecule is Cc1ncsc1-c1ccc([C@H](C)NC(=O)[C@@H]2C[C@@H](O)CN2C(=O)[C@H](c2cc(OCC3CN(C(=O)OC(C)(C)C)C3)no2)C(C)C)cc1. The number of benzene rings is 1. The van der Waals surface area contributed by atoms with Crippen LogP contribution in [0.1, 0.15) is 76.9 Å². The van der Waals surface area contributed by atoms with Crippen molar-refractivity contribution in [3.63, 3.8) is 0 Å². The van der Waals surface area contributed by atoms with Crippen LogP contribution in [0.3, 0.4) is 0 Å². The molecule has 2 fully saturated rings. The van der Waals surface area contributed by atoms with Crippen molar-refractivity contribution < 1.29 is 33.5 Å². The zero-order valence-electron chi connectivity index (χ0n) is 28.1. The van der Waals surface area contributed by atoms with Gasteiger partial charge in [0.1, 0.15) is 17.6 Å². The molecule has 13 heteroatoms. The van der Waals surface area contributed by atoms with E-state index in [2.05, 4.69) is 15.5 Å². The number of carbonyl (C=O) groups excluding carboxylic acids is 3. The second-order valence-corrected chi connectivity index (χ2v) is 14.7. The van der Waals surface area contributed by atoms with Crippen LogP contribution >= 0.6 is 11.3 Å². The van der Waals surface area contributed by atoms with E-state index in [0.29, 0.717) is 25.5 Å². The molecule has 1 aromatic carbocycles. The van der Waals surface area contributed by atoms with E-state index in [9.17, 15) is 19.5 Å². The first-order valence-corrected chi connectivity index (χ1v) is 16.9. The molecule has 2 saturated heterocycles. The van der Waals surface area contributed by atoms with Crippen LogP contribution in [0.15, 0.2) is 40.4 Å². The highest BCUT2D eigenvalue weighted by Crippen LogP contribution is 2.33. The molecule has 47 heavy (non-hydrogen) atoms. The average Bonchev–Trinajstić information content (AvgIpc) is 3.71. The lowest BCUT2D eigenvalue weighted by atomic mass is 9.91. The maximum Gasteiger partial charge on any atom is 0.410 e. The molecule has 2 aliphatic heterocycles. The Hall–Kier alpha value is -3.97. The molecule has 0 aliphatic carbocycles. The van der Waals surface area contributed by atoms with Gasteiger partial charge in [-0.15, -0.1) is 11.3 Å². The van der Waals surface area contributed by atoms with Gasteiger partial charge in [0.2, 0.25) is 11.8 Å². The molecular weight excluding hydrogens is 622 g/mol. The maximum atomic E-state index is 14.0. The number of ether oxygens (including phenoxy) is 2. The van der Waals surface area contributed by atoms with Crippen molar-refractivity contribution in [2.45, 2.75) is 84.6 Å². The van der Waals surface area contributed by atoms with Crippen molar-refractivity contribution >= 4 is 29.2 Å². The predicted octanol–water partition coefficient (Wildman–Crippen LogP) is 4.93. The van der Waals surface area contributed by atoms with E-state index in [1.807, 2.05) is 78.2 Å². The summed E-state index contributed by atoms with van der Waals surface area (Å²) in [5.41, 5.74) is 4.24. The highest BCUT2D eigenvalue weighted by molar-refractivity contribution is 7.13. The molecule has 5 rings (SSSR count). The Bertz CT molecular complexity index is 1560. The second kappa shape index (κ2) is 14.0. The summed E-state index contributed by atoms with van der Waals surface area (Å²) in [6, 6.07) is 8.45. The van der Waals surface area contributed by atoms with E-state index < -0.39 is 23.7 Å². The zero-order valence-corrected chi connectivity index (χ0v) is 28.9. The Kier molecular flexibility index (Phi) is 10.3. The number of aryl methyl sites for hydroxylation is 1. The molecule has 3 amide bonds. The van der Waals surface area contributed by atoms with Crippen molar-refractivity contribution in [1.82, 2.24) is 25.3 Å². The fourth-order valence-electron chi connectivity index (χ4n) is 5.96. The Balaban J connectivity index is 1.18. The van der Waals surface area contributed by atoms with Crippen LogP contribution in [-0.2, 0) is 14.3 Å². The van der Waals surface area contributed by atoms with E-state index in [1.54, 1.807) is 22.3 Å². The fourth-order valence-corrected chi connectivity index (χ4v) is 6.77. The monoisotopic (exact) mass is 667 g/mol. The number of amides is 3. The number of likely N-dealkylation sites (tertiary alicyclic amines) is 2. The molecule has 0 bridgehead atoms. The largest absolute Gasteiger partial charge is 0.475 e. The quantitative estimate of drug-likeness (QED) is 0.307. The van der Waals surface area contributed by atoms with E-state index in [4.69, 9.17) is 14.0 Å². The standard InChI is InChI=1S/C34H45N5O7S/c1-19(2)29(27-13-28(37-46-27)44-17-22-14-38(15-22)33(43)45-34(5,6)7)32(42)39-16-25(40)12-26(39)31(41)36-20(3)23-8-10-24(11-9-23)30-21(4)35-18-47-30/h8-11,13,18-20,22,25-26,29,40H,12,14-17H2,1-7H3,(H,36,41)/t20-,25+,26-,29-/m0/s1. The number of β-amino-alcohol motifs (C(OH)–C–C–N with tert-alkyl or cyclic N) is 1. The van der Waals surface area contributed by atoms with Crippen LogP contribution in [0, 0.1) is 18.8 Å². The van der Waals surface area contributed by atoms with E-state index in [-0.39, 0.29) is 54.6 Å². The molecule has 0 saturated carbocycles. The molecule has 12 nitrogen and oxygen atoms in total. The lowest BCUT2D eigenvalue weighted by Crippen LogP contribution is -2.53. The van der Waals surface area contributed by atoms with Crippen LogP contribution < -0.4 is 10.1 Å². The molecule has 0 unspecified atom stereocenters. The maximum absolute atomic E-state index is 14.0. The van der Waals surface area contributed by atoms with E-state index >= 15 is 0 Å². The first-order valence-electron chi connectivity index (χ1n) is 16.1. The number of aromatic nitrogens is 2. The van der Waals surface area contributed by atoms with Crippen molar-refractivity contribution in [3.05, 3.63) is 52.9 Å². The second-order valence-electron chi connectivity index (χ2n) is 13.9. The summed E-state index contributed by atoms with van der Waals surface area (Å²) < 4.78 is 16.8.